The van der Waals surface area contributed by atoms with Gasteiger partial charge in [-0.15, -0.1) is 0 Å². The number of sulfonamides is 1. The summed E-state index contributed by atoms with van der Waals surface area (Å²) in [6.45, 7) is 1.87. The Hall–Kier alpha value is -2.59. The Labute approximate surface area is 161 Å². The first-order valence-electron chi connectivity index (χ1n) is 8.57. The molecular formula is C18H20F2N4O3S. The number of nitrogens with two attached hydrogens (primary N) is 1. The van der Waals surface area contributed by atoms with Crippen molar-refractivity contribution in [2.24, 2.45) is 5.14 Å². The number of para-hydroxylation sites is 1. The van der Waals surface area contributed by atoms with Crippen LogP contribution in [-0.4, -0.2) is 37.8 Å². The van der Waals surface area contributed by atoms with Crippen molar-refractivity contribution < 1.29 is 22.0 Å². The number of nitrogens with zero attached hydrogens (tertiary/aromatic N) is 2. The van der Waals surface area contributed by atoms with Gasteiger partial charge >= 0.3 is 0 Å². The first-order valence-corrected chi connectivity index (χ1v) is 10.1. The minimum absolute atomic E-state index is 0.0225. The highest BCUT2D eigenvalue weighted by atomic mass is 32.2. The number of piperidine rings is 1. The minimum atomic E-state index is -4.06. The molecule has 3 N–H and O–H groups in total. The molecular weight excluding hydrogens is 390 g/mol. The van der Waals surface area contributed by atoms with Crippen molar-refractivity contribution in [3.05, 3.63) is 48.2 Å². The van der Waals surface area contributed by atoms with Crippen LogP contribution in [0, 0.1) is 6.92 Å². The van der Waals surface area contributed by atoms with E-state index in [0.29, 0.717) is 5.69 Å². The van der Waals surface area contributed by atoms with Gasteiger partial charge in [0.05, 0.1) is 0 Å². The Morgan fingerprint density at radius 3 is 2.71 bits per heavy atom. The van der Waals surface area contributed by atoms with Gasteiger partial charge in [-0.25, -0.2) is 27.3 Å². The van der Waals surface area contributed by atoms with Gasteiger partial charge in [0.2, 0.25) is 5.91 Å². The van der Waals surface area contributed by atoms with Gasteiger partial charge in [0.1, 0.15) is 6.04 Å². The third-order valence-electron chi connectivity index (χ3n) is 4.61. The first-order chi connectivity index (χ1) is 13.1. The lowest BCUT2D eigenvalue weighted by Crippen LogP contribution is -2.53. The average molecular weight is 410 g/mol. The van der Waals surface area contributed by atoms with Crippen LogP contribution < -0.4 is 15.4 Å². The number of carbonyl (C=O) groups excluding carboxylic acids is 1. The third kappa shape index (κ3) is 4.45. The van der Waals surface area contributed by atoms with E-state index in [9.17, 15) is 22.0 Å². The van der Waals surface area contributed by atoms with E-state index < -0.39 is 39.3 Å². The van der Waals surface area contributed by atoms with Gasteiger partial charge in [0.15, 0.2) is 5.03 Å². The fraction of sp³-hybridized carbons (Fsp3) is 0.333. The Morgan fingerprint density at radius 2 is 2.04 bits per heavy atom. The molecule has 0 aliphatic carbocycles. The van der Waals surface area contributed by atoms with Gasteiger partial charge in [0.25, 0.3) is 15.9 Å². The zero-order chi connectivity index (χ0) is 20.5. The molecule has 1 aromatic heterocycles. The van der Waals surface area contributed by atoms with E-state index in [-0.39, 0.29) is 18.7 Å². The number of amides is 1. The lowest BCUT2D eigenvalue weighted by atomic mass is 9.96. The van der Waals surface area contributed by atoms with E-state index in [0.717, 1.165) is 11.6 Å². The second-order valence-electron chi connectivity index (χ2n) is 6.72. The van der Waals surface area contributed by atoms with E-state index >= 15 is 0 Å². The first kappa shape index (κ1) is 20.2. The Balaban J connectivity index is 1.89. The van der Waals surface area contributed by atoms with Crippen LogP contribution in [0.5, 0.6) is 0 Å². The van der Waals surface area contributed by atoms with Crippen LogP contribution in [0.25, 0.3) is 0 Å². The molecule has 0 saturated carbocycles. The third-order valence-corrected chi connectivity index (χ3v) is 5.41. The summed E-state index contributed by atoms with van der Waals surface area (Å²) in [7, 11) is -4.06. The minimum Gasteiger partial charge on any atom is -0.359 e. The highest BCUT2D eigenvalue weighted by molar-refractivity contribution is 7.89. The topological polar surface area (TPSA) is 105 Å². The summed E-state index contributed by atoms with van der Waals surface area (Å²) in [5, 5.41) is 7.13. The molecule has 0 radical (unpaired) electrons. The van der Waals surface area contributed by atoms with Gasteiger partial charge in [-0.3, -0.25) is 4.79 Å². The standard InChI is InChI=1S/C18H20F2N4O3S/c1-12-4-2-3-5-14(12)24-9-7-18(19,20)11-15(24)17(25)23-13-6-8-22-16(10-13)28(21,26)27/h2-6,8,10,15H,7,9,11H2,1H3,(H2,21,26,27)(H,22,23,25). The highest BCUT2D eigenvalue weighted by Gasteiger charge is 2.43. The van der Waals surface area contributed by atoms with Crippen LogP contribution in [0.3, 0.4) is 0 Å². The largest absolute Gasteiger partial charge is 0.359 e. The number of alkyl halides is 2. The van der Waals surface area contributed by atoms with Crippen LogP contribution >= 0.6 is 0 Å². The van der Waals surface area contributed by atoms with Gasteiger partial charge in [0, 0.05) is 43.0 Å². The fourth-order valence-corrected chi connectivity index (χ4v) is 3.71. The van der Waals surface area contributed by atoms with Crippen molar-refractivity contribution in [3.63, 3.8) is 0 Å². The number of carbonyl (C=O) groups is 1. The molecule has 1 atom stereocenters. The molecule has 1 aliphatic rings. The van der Waals surface area contributed by atoms with Crippen molar-refractivity contribution in [2.45, 2.75) is 36.8 Å². The summed E-state index contributed by atoms with van der Waals surface area (Å²) in [4.78, 5) is 18.1. The quantitative estimate of drug-likeness (QED) is 0.805. The molecule has 1 saturated heterocycles. The molecule has 0 spiro atoms. The number of rotatable bonds is 4. The smallest absolute Gasteiger partial charge is 0.255 e. The van der Waals surface area contributed by atoms with Crippen LogP contribution in [-0.2, 0) is 14.8 Å². The number of anilines is 2. The molecule has 7 nitrogen and oxygen atoms in total. The Bertz CT molecular complexity index is 998. The van der Waals surface area contributed by atoms with Crippen molar-refractivity contribution in [1.29, 1.82) is 0 Å². The lowest BCUT2D eigenvalue weighted by molar-refractivity contribution is -0.121. The fourth-order valence-electron chi connectivity index (χ4n) is 3.21. The summed E-state index contributed by atoms with van der Waals surface area (Å²) < 4.78 is 51.0. The number of primary sulfonamides is 1. The molecule has 1 unspecified atom stereocenters. The Morgan fingerprint density at radius 1 is 1.32 bits per heavy atom. The summed E-state index contributed by atoms with van der Waals surface area (Å²) in [6.07, 6.45) is 0.181. The maximum absolute atomic E-state index is 14.1. The number of aryl methyl sites for hydroxylation is 1. The van der Waals surface area contributed by atoms with E-state index in [1.165, 1.54) is 12.3 Å². The molecule has 150 valence electrons. The molecule has 2 heterocycles. The van der Waals surface area contributed by atoms with Crippen LogP contribution in [0.15, 0.2) is 47.6 Å². The zero-order valence-electron chi connectivity index (χ0n) is 15.1. The Kier molecular flexibility index (Phi) is 5.35. The summed E-state index contributed by atoms with van der Waals surface area (Å²) in [6, 6.07) is 8.58. The molecule has 1 aliphatic heterocycles. The van der Waals surface area contributed by atoms with E-state index in [1.807, 2.05) is 19.1 Å². The molecule has 3 rings (SSSR count). The second kappa shape index (κ2) is 7.44. The van der Waals surface area contributed by atoms with Crippen LogP contribution in [0.4, 0.5) is 20.2 Å². The lowest BCUT2D eigenvalue weighted by Gasteiger charge is -2.40. The molecule has 0 bridgehead atoms. The summed E-state index contributed by atoms with van der Waals surface area (Å²) in [5.41, 5.74) is 1.69. The average Bonchev–Trinajstić information content (AvgIpc) is 2.61. The van der Waals surface area contributed by atoms with E-state index in [1.54, 1.807) is 17.0 Å². The number of hydrogen-bond donors (Lipinski definition) is 2. The normalized spacial score (nSPS) is 19.3. The van der Waals surface area contributed by atoms with Gasteiger partial charge < -0.3 is 10.2 Å². The van der Waals surface area contributed by atoms with E-state index in [2.05, 4.69) is 10.3 Å². The second-order valence-corrected chi connectivity index (χ2v) is 8.23. The zero-order valence-corrected chi connectivity index (χ0v) is 15.9. The predicted molar refractivity (Wildman–Crippen MR) is 101 cm³/mol. The molecule has 28 heavy (non-hydrogen) atoms. The summed E-state index contributed by atoms with van der Waals surface area (Å²) >= 11 is 0. The maximum atomic E-state index is 14.1. The summed E-state index contributed by atoms with van der Waals surface area (Å²) in [5.74, 6) is -3.63. The van der Waals surface area contributed by atoms with Gasteiger partial charge in [-0.1, -0.05) is 18.2 Å². The monoisotopic (exact) mass is 410 g/mol. The highest BCUT2D eigenvalue weighted by Crippen LogP contribution is 2.36. The number of halogens is 2. The molecule has 2 aromatic rings. The van der Waals surface area contributed by atoms with Gasteiger partial charge in [-0.2, -0.15) is 0 Å². The van der Waals surface area contributed by atoms with Crippen molar-refractivity contribution >= 4 is 27.3 Å². The van der Waals surface area contributed by atoms with Crippen LogP contribution in [0.1, 0.15) is 18.4 Å². The molecule has 1 aromatic carbocycles. The van der Waals surface area contributed by atoms with E-state index in [4.69, 9.17) is 5.14 Å². The number of nitrogens with one attached hydrogen (secondary N) is 1. The van der Waals surface area contributed by atoms with Crippen LogP contribution in [0.2, 0.25) is 0 Å². The number of aromatic nitrogens is 1. The number of pyridine rings is 1. The van der Waals surface area contributed by atoms with Crippen molar-refractivity contribution in [2.75, 3.05) is 16.8 Å². The number of benzene rings is 1. The molecule has 10 heteroatoms. The molecule has 1 fully saturated rings. The van der Waals surface area contributed by atoms with Crippen molar-refractivity contribution in [3.8, 4) is 0 Å². The number of hydrogen-bond acceptors (Lipinski definition) is 5. The van der Waals surface area contributed by atoms with Crippen molar-refractivity contribution in [1.82, 2.24) is 4.98 Å². The van der Waals surface area contributed by atoms with Gasteiger partial charge in [-0.05, 0) is 24.6 Å². The molecule has 1 amide bonds. The SMILES string of the molecule is Cc1ccccc1N1CCC(F)(F)CC1C(=O)Nc1ccnc(S(N)(=O)=O)c1. The predicted octanol–water partition coefficient (Wildman–Crippen LogP) is 2.28. The maximum Gasteiger partial charge on any atom is 0.255 e.